The van der Waals surface area contributed by atoms with E-state index in [2.05, 4.69) is 23.9 Å². The summed E-state index contributed by atoms with van der Waals surface area (Å²) in [6.07, 6.45) is 9.03. The molecule has 0 aromatic rings. The average Bonchev–Trinajstić information content (AvgIpc) is 3.12. The second kappa shape index (κ2) is 5.43. The van der Waals surface area contributed by atoms with E-state index in [1.54, 1.807) is 0 Å². The Balaban J connectivity index is 1.64. The van der Waals surface area contributed by atoms with Gasteiger partial charge < -0.3 is 9.80 Å². The minimum atomic E-state index is 0.408. The lowest BCUT2D eigenvalue weighted by Gasteiger charge is -2.37. The van der Waals surface area contributed by atoms with Gasteiger partial charge in [-0.2, -0.15) is 0 Å². The van der Waals surface area contributed by atoms with Gasteiger partial charge in [-0.05, 0) is 58.0 Å². The molecule has 3 rings (SSSR count). The number of carbonyl (C=O) groups excluding carboxylic acids is 1. The van der Waals surface area contributed by atoms with Crippen molar-refractivity contribution in [2.75, 3.05) is 27.2 Å². The summed E-state index contributed by atoms with van der Waals surface area (Å²) in [4.78, 5) is 17.3. The molecule has 4 atom stereocenters. The Hall–Kier alpha value is -0.570. The van der Waals surface area contributed by atoms with E-state index in [1.807, 2.05) is 0 Å². The smallest absolute Gasteiger partial charge is 0.226 e. The summed E-state index contributed by atoms with van der Waals surface area (Å²) in [5.74, 6) is 2.42. The number of carbonyl (C=O) groups is 1. The molecule has 0 bridgehead atoms. The van der Waals surface area contributed by atoms with E-state index in [-0.39, 0.29) is 0 Å². The van der Waals surface area contributed by atoms with Crippen molar-refractivity contribution in [3.05, 3.63) is 0 Å². The zero-order chi connectivity index (χ0) is 13.4. The first-order chi connectivity index (χ1) is 9.18. The van der Waals surface area contributed by atoms with Crippen molar-refractivity contribution >= 4 is 5.91 Å². The molecule has 19 heavy (non-hydrogen) atoms. The second-order valence-corrected chi connectivity index (χ2v) is 7.08. The summed E-state index contributed by atoms with van der Waals surface area (Å²) in [6.45, 7) is 2.04. The Labute approximate surface area is 117 Å². The fourth-order valence-corrected chi connectivity index (χ4v) is 4.45. The Bertz CT molecular complexity index is 330. The van der Waals surface area contributed by atoms with E-state index in [4.69, 9.17) is 0 Å². The van der Waals surface area contributed by atoms with Crippen LogP contribution in [0.1, 0.15) is 44.9 Å². The normalized spacial score (nSPS) is 38.2. The zero-order valence-corrected chi connectivity index (χ0v) is 12.5. The molecule has 1 heterocycles. The fraction of sp³-hybridized carbons (Fsp3) is 0.938. The molecular weight excluding hydrogens is 236 g/mol. The van der Waals surface area contributed by atoms with Crippen LogP contribution in [0.25, 0.3) is 0 Å². The molecule has 1 aliphatic heterocycles. The van der Waals surface area contributed by atoms with Gasteiger partial charge in [0.1, 0.15) is 0 Å². The summed E-state index contributed by atoms with van der Waals surface area (Å²) >= 11 is 0. The summed E-state index contributed by atoms with van der Waals surface area (Å²) < 4.78 is 0. The first kappa shape index (κ1) is 13.4. The number of amides is 1. The minimum absolute atomic E-state index is 0.408. The fourth-order valence-electron chi connectivity index (χ4n) is 4.45. The third-order valence-corrected chi connectivity index (χ3v) is 5.43. The van der Waals surface area contributed by atoms with E-state index in [1.165, 1.54) is 44.9 Å². The molecule has 3 fully saturated rings. The highest BCUT2D eigenvalue weighted by atomic mass is 16.2. The molecule has 3 aliphatic rings. The van der Waals surface area contributed by atoms with Crippen LogP contribution in [-0.2, 0) is 4.79 Å². The van der Waals surface area contributed by atoms with E-state index in [0.29, 0.717) is 17.9 Å². The average molecular weight is 264 g/mol. The molecule has 1 saturated heterocycles. The van der Waals surface area contributed by atoms with Crippen LogP contribution in [-0.4, -0.2) is 48.9 Å². The predicted octanol–water partition coefficient (Wildman–Crippen LogP) is 2.37. The van der Waals surface area contributed by atoms with Gasteiger partial charge in [0.2, 0.25) is 5.91 Å². The molecule has 0 spiro atoms. The van der Waals surface area contributed by atoms with Crippen LogP contribution in [0.4, 0.5) is 0 Å². The number of likely N-dealkylation sites (N-methyl/N-ethyl adjacent to an activating group) is 1. The number of nitrogens with zero attached hydrogens (tertiary/aromatic N) is 2. The second-order valence-electron chi connectivity index (χ2n) is 7.08. The van der Waals surface area contributed by atoms with Gasteiger partial charge in [0.25, 0.3) is 0 Å². The molecule has 2 aliphatic carbocycles. The monoisotopic (exact) mass is 264 g/mol. The maximum atomic E-state index is 12.8. The molecule has 0 aromatic carbocycles. The first-order valence-corrected chi connectivity index (χ1v) is 8.13. The molecule has 108 valence electrons. The van der Waals surface area contributed by atoms with E-state index in [9.17, 15) is 4.79 Å². The highest BCUT2D eigenvalue weighted by Gasteiger charge is 2.56. The van der Waals surface area contributed by atoms with Gasteiger partial charge in [0.15, 0.2) is 0 Å². The van der Waals surface area contributed by atoms with Crippen molar-refractivity contribution in [2.45, 2.75) is 51.0 Å². The Morgan fingerprint density at radius 1 is 1.05 bits per heavy atom. The van der Waals surface area contributed by atoms with Crippen molar-refractivity contribution in [1.29, 1.82) is 0 Å². The lowest BCUT2D eigenvalue weighted by Crippen LogP contribution is -2.49. The highest BCUT2D eigenvalue weighted by molar-refractivity contribution is 5.82. The zero-order valence-electron chi connectivity index (χ0n) is 12.5. The van der Waals surface area contributed by atoms with Crippen molar-refractivity contribution in [2.24, 2.45) is 17.8 Å². The van der Waals surface area contributed by atoms with E-state index >= 15 is 0 Å². The van der Waals surface area contributed by atoms with Crippen molar-refractivity contribution in [3.63, 3.8) is 0 Å². The number of hydrogen-bond donors (Lipinski definition) is 0. The number of piperidine rings is 1. The largest absolute Gasteiger partial charge is 0.338 e. The summed E-state index contributed by atoms with van der Waals surface area (Å²) in [6, 6.07) is 0.471. The number of fused-ring (bicyclic) bond motifs is 1. The Kier molecular flexibility index (Phi) is 3.84. The number of likely N-dealkylation sites (tertiary alicyclic amines) is 1. The standard InChI is InChI=1S/C16H28N2O/c1-17(2)11-12-7-5-6-10-18(12)16(19)15-13-8-3-4-9-14(13)15/h12-15H,3-11H2,1-2H3/t12-,13-,14+,15?/m0/s1. The van der Waals surface area contributed by atoms with Crippen molar-refractivity contribution in [3.8, 4) is 0 Å². The van der Waals surface area contributed by atoms with Gasteiger partial charge in [-0.1, -0.05) is 12.8 Å². The first-order valence-electron chi connectivity index (χ1n) is 8.13. The summed E-state index contributed by atoms with van der Waals surface area (Å²) in [5, 5.41) is 0. The van der Waals surface area contributed by atoms with Gasteiger partial charge in [-0.3, -0.25) is 4.79 Å². The third kappa shape index (κ3) is 2.67. The topological polar surface area (TPSA) is 23.6 Å². The van der Waals surface area contributed by atoms with Gasteiger partial charge in [0, 0.05) is 25.0 Å². The maximum absolute atomic E-state index is 12.8. The molecule has 0 aromatic heterocycles. The van der Waals surface area contributed by atoms with Crippen molar-refractivity contribution < 1.29 is 4.79 Å². The van der Waals surface area contributed by atoms with Crippen LogP contribution in [0.3, 0.4) is 0 Å². The van der Waals surface area contributed by atoms with Crippen LogP contribution in [0.2, 0.25) is 0 Å². The van der Waals surface area contributed by atoms with E-state index < -0.39 is 0 Å². The van der Waals surface area contributed by atoms with Gasteiger partial charge in [-0.25, -0.2) is 0 Å². The highest BCUT2D eigenvalue weighted by Crippen LogP contribution is 2.56. The predicted molar refractivity (Wildman–Crippen MR) is 76.8 cm³/mol. The molecule has 1 amide bonds. The Morgan fingerprint density at radius 2 is 1.68 bits per heavy atom. The molecule has 2 saturated carbocycles. The van der Waals surface area contributed by atoms with Crippen LogP contribution in [0.15, 0.2) is 0 Å². The summed E-state index contributed by atoms with van der Waals surface area (Å²) in [7, 11) is 4.24. The van der Waals surface area contributed by atoms with Crippen LogP contribution in [0, 0.1) is 17.8 Å². The lowest BCUT2D eigenvalue weighted by molar-refractivity contribution is -0.137. The molecule has 1 unspecified atom stereocenters. The quantitative estimate of drug-likeness (QED) is 0.781. The Morgan fingerprint density at radius 3 is 2.32 bits per heavy atom. The van der Waals surface area contributed by atoms with Gasteiger partial charge in [-0.15, -0.1) is 0 Å². The lowest BCUT2D eigenvalue weighted by atomic mass is 10.0. The third-order valence-electron chi connectivity index (χ3n) is 5.43. The van der Waals surface area contributed by atoms with Crippen LogP contribution >= 0.6 is 0 Å². The van der Waals surface area contributed by atoms with Crippen molar-refractivity contribution in [1.82, 2.24) is 9.80 Å². The molecule has 0 radical (unpaired) electrons. The number of hydrogen-bond acceptors (Lipinski definition) is 2. The van der Waals surface area contributed by atoms with Crippen LogP contribution < -0.4 is 0 Å². The van der Waals surface area contributed by atoms with Gasteiger partial charge >= 0.3 is 0 Å². The van der Waals surface area contributed by atoms with Crippen LogP contribution in [0.5, 0.6) is 0 Å². The van der Waals surface area contributed by atoms with Gasteiger partial charge in [0.05, 0.1) is 0 Å². The SMILES string of the molecule is CN(C)C[C@@H]1CCCCN1C(=O)C1[C@H]2CCCC[C@@H]12. The number of rotatable bonds is 3. The summed E-state index contributed by atoms with van der Waals surface area (Å²) in [5.41, 5.74) is 0. The molecule has 0 N–H and O–H groups in total. The molecule has 3 heteroatoms. The maximum Gasteiger partial charge on any atom is 0.226 e. The molecular formula is C16H28N2O. The molecule has 3 nitrogen and oxygen atoms in total. The van der Waals surface area contributed by atoms with E-state index in [0.717, 1.165) is 24.9 Å². The minimum Gasteiger partial charge on any atom is -0.338 e.